The Balaban J connectivity index is 1.74. The van der Waals surface area contributed by atoms with Gasteiger partial charge in [-0.15, -0.1) is 11.3 Å². The lowest BCUT2D eigenvalue weighted by Crippen LogP contribution is -2.12. The number of aromatic nitrogens is 2. The first kappa shape index (κ1) is 18.8. The van der Waals surface area contributed by atoms with E-state index in [1.807, 2.05) is 32.9 Å². The molecule has 0 aliphatic rings. The summed E-state index contributed by atoms with van der Waals surface area (Å²) in [4.78, 5) is 14.2. The third-order valence-electron chi connectivity index (χ3n) is 3.82. The van der Waals surface area contributed by atoms with Gasteiger partial charge in [0.15, 0.2) is 6.73 Å². The molecule has 0 fully saturated rings. The number of thiophene rings is 1. The Morgan fingerprint density at radius 2 is 2.00 bits per heavy atom. The first-order valence-corrected chi connectivity index (χ1v) is 9.42. The summed E-state index contributed by atoms with van der Waals surface area (Å²) in [5, 5.41) is 8.35. The van der Waals surface area contributed by atoms with E-state index >= 15 is 0 Å². The molecule has 0 radical (unpaired) electrons. The number of carbonyl (C=O) groups is 1. The number of benzene rings is 1. The molecule has 2 heterocycles. The van der Waals surface area contributed by atoms with Crippen LogP contribution in [0, 0.1) is 20.8 Å². The first-order chi connectivity index (χ1) is 12.3. The number of nitrogens with one attached hydrogen (secondary N) is 1. The van der Waals surface area contributed by atoms with Crippen molar-refractivity contribution in [2.24, 2.45) is 0 Å². The molecule has 3 aromatic rings. The molecule has 5 nitrogen and oxygen atoms in total. The normalized spacial score (nSPS) is 10.8. The lowest BCUT2D eigenvalue weighted by molar-refractivity contribution is 0.103. The van der Waals surface area contributed by atoms with E-state index in [1.54, 1.807) is 22.9 Å². The van der Waals surface area contributed by atoms with E-state index in [1.165, 1.54) is 11.3 Å². The number of anilines is 1. The van der Waals surface area contributed by atoms with Gasteiger partial charge in [0.25, 0.3) is 5.91 Å². The second-order valence-corrected chi connectivity index (χ2v) is 7.89. The van der Waals surface area contributed by atoms with Crippen molar-refractivity contribution in [1.82, 2.24) is 9.78 Å². The number of halogens is 2. The molecule has 8 heteroatoms. The predicted octanol–water partition coefficient (Wildman–Crippen LogP) is 5.47. The minimum absolute atomic E-state index is 0.143. The van der Waals surface area contributed by atoms with Crippen LogP contribution in [0.5, 0.6) is 5.75 Å². The van der Waals surface area contributed by atoms with E-state index < -0.39 is 0 Å². The van der Waals surface area contributed by atoms with Crippen LogP contribution in [0.25, 0.3) is 0 Å². The quantitative estimate of drug-likeness (QED) is 0.607. The molecule has 0 unspecified atom stereocenters. The Morgan fingerprint density at radius 1 is 1.23 bits per heavy atom. The fraction of sp³-hybridized carbons (Fsp3) is 0.222. The number of carbonyl (C=O) groups excluding carboxylic acids is 1. The van der Waals surface area contributed by atoms with Gasteiger partial charge in [-0.3, -0.25) is 4.79 Å². The first-order valence-electron chi connectivity index (χ1n) is 7.85. The predicted molar refractivity (Wildman–Crippen MR) is 106 cm³/mol. The summed E-state index contributed by atoms with van der Waals surface area (Å²) in [5.41, 5.74) is 2.20. The minimum atomic E-state index is -0.143. The van der Waals surface area contributed by atoms with Gasteiger partial charge < -0.3 is 10.1 Å². The molecular weight excluding hydrogens is 393 g/mol. The SMILES string of the molecule is Cc1ccc(C(=O)Nc2c(C)nn(COc3ccc(Cl)cc3Cl)c2C)s1. The molecule has 0 spiro atoms. The molecule has 0 saturated carbocycles. The van der Waals surface area contributed by atoms with Gasteiger partial charge in [0.2, 0.25) is 0 Å². The maximum Gasteiger partial charge on any atom is 0.265 e. The highest BCUT2D eigenvalue weighted by Crippen LogP contribution is 2.28. The Bertz CT molecular complexity index is 965. The van der Waals surface area contributed by atoms with Crippen LogP contribution in [0.1, 0.15) is 25.9 Å². The Morgan fingerprint density at radius 3 is 2.65 bits per heavy atom. The number of rotatable bonds is 5. The Hall–Kier alpha value is -2.02. The molecular formula is C18H17Cl2N3O2S. The molecule has 0 bridgehead atoms. The fourth-order valence-electron chi connectivity index (χ4n) is 2.46. The highest BCUT2D eigenvalue weighted by molar-refractivity contribution is 7.14. The summed E-state index contributed by atoms with van der Waals surface area (Å²) in [7, 11) is 0. The molecule has 2 aromatic heterocycles. The molecule has 0 atom stereocenters. The molecule has 1 amide bonds. The lowest BCUT2D eigenvalue weighted by atomic mass is 10.3. The van der Waals surface area contributed by atoms with Crippen LogP contribution in [0.15, 0.2) is 30.3 Å². The van der Waals surface area contributed by atoms with Crippen molar-refractivity contribution in [1.29, 1.82) is 0 Å². The zero-order chi connectivity index (χ0) is 18.8. The van der Waals surface area contributed by atoms with Crippen molar-refractivity contribution in [3.8, 4) is 5.75 Å². The summed E-state index contributed by atoms with van der Waals surface area (Å²) in [5.74, 6) is 0.374. The fourth-order valence-corrected chi connectivity index (χ4v) is 3.68. The van der Waals surface area contributed by atoms with Crippen molar-refractivity contribution in [2.45, 2.75) is 27.5 Å². The zero-order valence-corrected chi connectivity index (χ0v) is 16.8. The third kappa shape index (κ3) is 4.03. The van der Waals surface area contributed by atoms with E-state index in [2.05, 4.69) is 10.4 Å². The van der Waals surface area contributed by atoms with E-state index in [0.29, 0.717) is 26.4 Å². The monoisotopic (exact) mass is 409 g/mol. The molecule has 26 heavy (non-hydrogen) atoms. The van der Waals surface area contributed by atoms with E-state index in [9.17, 15) is 4.79 Å². The van der Waals surface area contributed by atoms with Crippen LogP contribution in [-0.2, 0) is 6.73 Å². The van der Waals surface area contributed by atoms with Gasteiger partial charge in [0.05, 0.1) is 27.0 Å². The summed E-state index contributed by atoms with van der Waals surface area (Å²) < 4.78 is 7.40. The standard InChI is InChI=1S/C18H17Cl2N3O2S/c1-10-4-7-16(26-10)18(24)21-17-11(2)22-23(12(17)3)9-25-15-6-5-13(19)8-14(15)20/h4-8H,9H2,1-3H3,(H,21,24). The summed E-state index contributed by atoms with van der Waals surface area (Å²) >= 11 is 13.5. The molecule has 1 aromatic carbocycles. The maximum absolute atomic E-state index is 12.4. The summed E-state index contributed by atoms with van der Waals surface area (Å²) in [6.45, 7) is 5.85. The van der Waals surface area contributed by atoms with E-state index in [0.717, 1.165) is 16.3 Å². The van der Waals surface area contributed by atoms with Crippen LogP contribution in [-0.4, -0.2) is 15.7 Å². The second-order valence-electron chi connectivity index (χ2n) is 5.76. The topological polar surface area (TPSA) is 56.2 Å². The van der Waals surface area contributed by atoms with Crippen molar-refractivity contribution in [2.75, 3.05) is 5.32 Å². The van der Waals surface area contributed by atoms with Crippen LogP contribution < -0.4 is 10.1 Å². The average Bonchev–Trinajstić information content (AvgIpc) is 3.13. The number of hydrogen-bond donors (Lipinski definition) is 1. The highest BCUT2D eigenvalue weighted by atomic mass is 35.5. The number of aryl methyl sites for hydroxylation is 2. The van der Waals surface area contributed by atoms with Crippen LogP contribution >= 0.6 is 34.5 Å². The average molecular weight is 410 g/mol. The number of ether oxygens (including phenoxy) is 1. The number of amides is 1. The molecule has 3 rings (SSSR count). The molecule has 0 aliphatic heterocycles. The molecule has 136 valence electrons. The van der Waals surface area contributed by atoms with Gasteiger partial charge in [-0.05, 0) is 51.1 Å². The summed E-state index contributed by atoms with van der Waals surface area (Å²) in [6, 6.07) is 8.77. The van der Waals surface area contributed by atoms with Crippen molar-refractivity contribution < 1.29 is 9.53 Å². The zero-order valence-electron chi connectivity index (χ0n) is 14.5. The summed E-state index contributed by atoms with van der Waals surface area (Å²) in [6.07, 6.45) is 0. The van der Waals surface area contributed by atoms with Gasteiger partial charge in [0, 0.05) is 9.90 Å². The van der Waals surface area contributed by atoms with E-state index in [4.69, 9.17) is 27.9 Å². The highest BCUT2D eigenvalue weighted by Gasteiger charge is 2.16. The van der Waals surface area contributed by atoms with Crippen molar-refractivity contribution in [3.63, 3.8) is 0 Å². The third-order valence-corrected chi connectivity index (χ3v) is 5.35. The number of nitrogens with zero attached hydrogens (tertiary/aromatic N) is 2. The van der Waals surface area contributed by atoms with E-state index in [-0.39, 0.29) is 12.6 Å². The second kappa shape index (κ2) is 7.70. The van der Waals surface area contributed by atoms with Crippen molar-refractivity contribution in [3.05, 3.63) is 61.5 Å². The number of hydrogen-bond acceptors (Lipinski definition) is 4. The van der Waals surface area contributed by atoms with Gasteiger partial charge in [-0.25, -0.2) is 4.68 Å². The van der Waals surface area contributed by atoms with Gasteiger partial charge in [0.1, 0.15) is 5.75 Å². The van der Waals surface area contributed by atoms with Gasteiger partial charge in [-0.2, -0.15) is 5.10 Å². The van der Waals surface area contributed by atoms with Gasteiger partial charge in [-0.1, -0.05) is 23.2 Å². The minimum Gasteiger partial charge on any atom is -0.470 e. The Kier molecular flexibility index (Phi) is 5.55. The Labute approximate surface area is 165 Å². The van der Waals surface area contributed by atoms with Crippen LogP contribution in [0.4, 0.5) is 5.69 Å². The van der Waals surface area contributed by atoms with Gasteiger partial charge >= 0.3 is 0 Å². The van der Waals surface area contributed by atoms with Crippen molar-refractivity contribution >= 4 is 46.1 Å². The molecule has 0 saturated heterocycles. The molecule has 1 N–H and O–H groups in total. The van der Waals surface area contributed by atoms with Crippen LogP contribution in [0.2, 0.25) is 10.0 Å². The maximum atomic E-state index is 12.4. The van der Waals surface area contributed by atoms with Crippen LogP contribution in [0.3, 0.4) is 0 Å². The lowest BCUT2D eigenvalue weighted by Gasteiger charge is -2.10. The largest absolute Gasteiger partial charge is 0.470 e. The molecule has 0 aliphatic carbocycles. The smallest absolute Gasteiger partial charge is 0.265 e.